The summed E-state index contributed by atoms with van der Waals surface area (Å²) in [5, 5.41) is 3.44. The van der Waals surface area contributed by atoms with Gasteiger partial charge in [-0.15, -0.1) is 0 Å². The maximum absolute atomic E-state index is 12.3. The van der Waals surface area contributed by atoms with Gasteiger partial charge < -0.3 is 14.8 Å². The van der Waals surface area contributed by atoms with Gasteiger partial charge in [-0.3, -0.25) is 9.10 Å². The number of sulfonamides is 1. The number of nitrogens with zero attached hydrogens (tertiary/aromatic N) is 1. The first-order valence-corrected chi connectivity index (χ1v) is 10.9. The van der Waals surface area contributed by atoms with E-state index in [1.807, 2.05) is 24.3 Å². The van der Waals surface area contributed by atoms with Gasteiger partial charge in [-0.2, -0.15) is 0 Å². The summed E-state index contributed by atoms with van der Waals surface area (Å²) >= 11 is 5.86. The van der Waals surface area contributed by atoms with Crippen LogP contribution >= 0.6 is 11.6 Å². The fraction of sp³-hybridized carbons (Fsp3) is 0.316. The largest absolute Gasteiger partial charge is 0.454 e. The molecule has 0 fully saturated rings. The molecule has 0 saturated heterocycles. The molecule has 7 nitrogen and oxygen atoms in total. The average molecular weight is 425 g/mol. The van der Waals surface area contributed by atoms with E-state index in [-0.39, 0.29) is 19.2 Å². The Kier molecular flexibility index (Phi) is 6.31. The molecule has 0 radical (unpaired) electrons. The lowest BCUT2D eigenvalue weighted by atomic mass is 10.1. The van der Waals surface area contributed by atoms with Gasteiger partial charge in [0.1, 0.15) is 6.54 Å². The summed E-state index contributed by atoms with van der Waals surface area (Å²) in [7, 11) is -3.64. The highest BCUT2D eigenvalue weighted by Gasteiger charge is 2.23. The van der Waals surface area contributed by atoms with Crippen molar-refractivity contribution in [3.05, 3.63) is 53.1 Å². The summed E-state index contributed by atoms with van der Waals surface area (Å²) in [5.74, 6) is 0.623. The van der Waals surface area contributed by atoms with Crippen LogP contribution in [0.15, 0.2) is 42.5 Å². The van der Waals surface area contributed by atoms with Gasteiger partial charge in [0.25, 0.3) is 0 Å². The first kappa shape index (κ1) is 20.3. The molecule has 0 unspecified atom stereocenters. The number of amides is 1. The average Bonchev–Trinajstić information content (AvgIpc) is 3.11. The van der Waals surface area contributed by atoms with Crippen molar-refractivity contribution >= 4 is 33.2 Å². The van der Waals surface area contributed by atoms with E-state index < -0.39 is 10.0 Å². The quantitative estimate of drug-likeness (QED) is 0.658. The molecule has 2 aromatic carbocycles. The Labute approximate surface area is 169 Å². The zero-order chi connectivity index (χ0) is 20.1. The summed E-state index contributed by atoms with van der Waals surface area (Å²) in [5.41, 5.74) is 1.47. The number of carbonyl (C=O) groups is 1. The number of aryl methyl sites for hydroxylation is 1. The van der Waals surface area contributed by atoms with E-state index in [0.717, 1.165) is 29.0 Å². The molecule has 1 aliphatic rings. The van der Waals surface area contributed by atoms with Crippen LogP contribution in [0.25, 0.3) is 0 Å². The van der Waals surface area contributed by atoms with E-state index in [1.165, 1.54) is 0 Å². The molecule has 2 aromatic rings. The van der Waals surface area contributed by atoms with Gasteiger partial charge in [-0.1, -0.05) is 23.7 Å². The second-order valence-electron chi connectivity index (χ2n) is 6.39. The van der Waals surface area contributed by atoms with Crippen molar-refractivity contribution in [2.45, 2.75) is 12.8 Å². The van der Waals surface area contributed by atoms with Crippen LogP contribution in [0.1, 0.15) is 12.0 Å². The summed E-state index contributed by atoms with van der Waals surface area (Å²) in [4.78, 5) is 12.3. The van der Waals surface area contributed by atoms with Gasteiger partial charge in [0.2, 0.25) is 22.7 Å². The van der Waals surface area contributed by atoms with E-state index in [2.05, 4.69) is 5.32 Å². The first-order chi connectivity index (χ1) is 13.3. The van der Waals surface area contributed by atoms with Crippen molar-refractivity contribution in [3.63, 3.8) is 0 Å². The fourth-order valence-electron chi connectivity index (χ4n) is 2.80. The molecule has 28 heavy (non-hydrogen) atoms. The third-order valence-electron chi connectivity index (χ3n) is 4.21. The minimum Gasteiger partial charge on any atom is -0.454 e. The zero-order valence-electron chi connectivity index (χ0n) is 15.4. The van der Waals surface area contributed by atoms with Gasteiger partial charge in [-0.25, -0.2) is 8.42 Å². The van der Waals surface area contributed by atoms with Crippen LogP contribution in [0.2, 0.25) is 5.02 Å². The predicted molar refractivity (Wildman–Crippen MR) is 108 cm³/mol. The Balaban J connectivity index is 1.55. The topological polar surface area (TPSA) is 84.9 Å². The molecule has 1 aliphatic heterocycles. The molecule has 9 heteroatoms. The highest BCUT2D eigenvalue weighted by Crippen LogP contribution is 2.36. The number of carbonyl (C=O) groups excluding carboxylic acids is 1. The van der Waals surface area contributed by atoms with E-state index in [9.17, 15) is 13.2 Å². The highest BCUT2D eigenvalue weighted by atomic mass is 35.5. The monoisotopic (exact) mass is 424 g/mol. The molecule has 0 bridgehead atoms. The van der Waals surface area contributed by atoms with Crippen LogP contribution in [0, 0.1) is 0 Å². The van der Waals surface area contributed by atoms with E-state index in [4.69, 9.17) is 21.1 Å². The van der Waals surface area contributed by atoms with Crippen LogP contribution in [0.5, 0.6) is 11.5 Å². The maximum Gasteiger partial charge on any atom is 0.240 e. The summed E-state index contributed by atoms with van der Waals surface area (Å²) in [6, 6.07) is 12.3. The predicted octanol–water partition coefficient (Wildman–Crippen LogP) is 2.58. The normalized spacial score (nSPS) is 12.6. The Bertz CT molecular complexity index is 947. The van der Waals surface area contributed by atoms with Crippen molar-refractivity contribution in [1.29, 1.82) is 0 Å². The number of hydrogen-bond acceptors (Lipinski definition) is 5. The molecule has 1 N–H and O–H groups in total. The number of ether oxygens (including phenoxy) is 2. The van der Waals surface area contributed by atoms with Gasteiger partial charge in [0, 0.05) is 17.6 Å². The number of anilines is 1. The number of fused-ring (bicyclic) bond motifs is 1. The Morgan fingerprint density at radius 1 is 1.14 bits per heavy atom. The van der Waals surface area contributed by atoms with Crippen molar-refractivity contribution < 1.29 is 22.7 Å². The highest BCUT2D eigenvalue weighted by molar-refractivity contribution is 7.92. The van der Waals surface area contributed by atoms with Crippen molar-refractivity contribution in [2.24, 2.45) is 0 Å². The molecule has 0 atom stereocenters. The van der Waals surface area contributed by atoms with Crippen LogP contribution in [-0.2, 0) is 21.2 Å². The molecular formula is C19H21ClN2O5S. The second kappa shape index (κ2) is 8.70. The van der Waals surface area contributed by atoms with Crippen LogP contribution in [0.3, 0.4) is 0 Å². The summed E-state index contributed by atoms with van der Waals surface area (Å²) in [6.45, 7) is 0.228. The third-order valence-corrected chi connectivity index (χ3v) is 5.60. The van der Waals surface area contributed by atoms with Gasteiger partial charge in [0.15, 0.2) is 11.5 Å². The van der Waals surface area contributed by atoms with Gasteiger partial charge >= 0.3 is 0 Å². The molecule has 0 saturated carbocycles. The molecule has 3 rings (SSSR count). The van der Waals surface area contributed by atoms with E-state index in [0.29, 0.717) is 28.8 Å². The van der Waals surface area contributed by atoms with Gasteiger partial charge in [-0.05, 0) is 42.7 Å². The SMILES string of the molecule is CS(=O)(=O)N(CC(=O)NCCCc1ccc(Cl)cc1)c1ccc2c(c1)OCO2. The van der Waals surface area contributed by atoms with Crippen LogP contribution in [-0.4, -0.2) is 40.5 Å². The minimum absolute atomic E-state index is 0.0891. The third kappa shape index (κ3) is 5.30. The number of nitrogens with one attached hydrogen (secondary N) is 1. The standard InChI is InChI=1S/C19H21ClN2O5S/c1-28(24,25)22(16-8-9-17-18(11-16)27-13-26-17)12-19(23)21-10-2-3-14-4-6-15(20)7-5-14/h4-9,11H,2-3,10,12-13H2,1H3,(H,21,23). The van der Waals surface area contributed by atoms with Crippen molar-refractivity contribution in [2.75, 3.05) is 30.4 Å². The number of rotatable bonds is 8. The van der Waals surface area contributed by atoms with E-state index >= 15 is 0 Å². The molecule has 1 amide bonds. The smallest absolute Gasteiger partial charge is 0.240 e. The zero-order valence-corrected chi connectivity index (χ0v) is 16.9. The number of benzene rings is 2. The van der Waals surface area contributed by atoms with Gasteiger partial charge in [0.05, 0.1) is 11.9 Å². The van der Waals surface area contributed by atoms with Crippen molar-refractivity contribution in [1.82, 2.24) is 5.32 Å². The first-order valence-electron chi connectivity index (χ1n) is 8.71. The molecule has 0 aromatic heterocycles. The van der Waals surface area contributed by atoms with Crippen molar-refractivity contribution in [3.8, 4) is 11.5 Å². The molecular weight excluding hydrogens is 404 g/mol. The second-order valence-corrected chi connectivity index (χ2v) is 8.73. The Morgan fingerprint density at radius 3 is 2.57 bits per heavy atom. The molecule has 150 valence electrons. The molecule has 1 heterocycles. The van der Waals surface area contributed by atoms with Crippen LogP contribution < -0.4 is 19.1 Å². The Morgan fingerprint density at radius 2 is 1.86 bits per heavy atom. The minimum atomic E-state index is -3.64. The summed E-state index contributed by atoms with van der Waals surface area (Å²) < 4.78 is 35.9. The lowest BCUT2D eigenvalue weighted by molar-refractivity contribution is -0.119. The lowest BCUT2D eigenvalue weighted by Gasteiger charge is -2.22. The maximum atomic E-state index is 12.3. The summed E-state index contributed by atoms with van der Waals surface area (Å²) in [6.07, 6.45) is 2.58. The van der Waals surface area contributed by atoms with E-state index in [1.54, 1.807) is 18.2 Å². The molecule has 0 aliphatic carbocycles. The fourth-order valence-corrected chi connectivity index (χ4v) is 3.77. The number of hydrogen-bond donors (Lipinski definition) is 1. The Hall–Kier alpha value is -2.45. The van der Waals surface area contributed by atoms with Crippen LogP contribution in [0.4, 0.5) is 5.69 Å². The molecule has 0 spiro atoms. The number of halogens is 1. The lowest BCUT2D eigenvalue weighted by Crippen LogP contribution is -2.40.